The van der Waals surface area contributed by atoms with Crippen molar-refractivity contribution in [1.82, 2.24) is 0 Å². The first-order valence-electron chi connectivity index (χ1n) is 6.23. The molecule has 4 nitrogen and oxygen atoms in total. The summed E-state index contributed by atoms with van der Waals surface area (Å²) in [5.41, 5.74) is -0.143. The molecular formula is C14H19BrO4. The van der Waals surface area contributed by atoms with E-state index >= 15 is 0 Å². The van der Waals surface area contributed by atoms with Gasteiger partial charge in [0.2, 0.25) is 0 Å². The Kier molecular flexibility index (Phi) is 5.38. The van der Waals surface area contributed by atoms with E-state index in [1.54, 1.807) is 13.2 Å². The molecule has 0 spiro atoms. The maximum atomic E-state index is 11.2. The molecule has 1 aliphatic carbocycles. The number of benzene rings is 1. The van der Waals surface area contributed by atoms with E-state index in [1.807, 2.05) is 26.0 Å². The Morgan fingerprint density at radius 3 is 2.58 bits per heavy atom. The van der Waals surface area contributed by atoms with Crippen LogP contribution >= 0.6 is 15.9 Å². The van der Waals surface area contributed by atoms with Crippen LogP contribution in [0.1, 0.15) is 31.7 Å². The van der Waals surface area contributed by atoms with Crippen molar-refractivity contribution in [3.63, 3.8) is 0 Å². The van der Waals surface area contributed by atoms with E-state index in [4.69, 9.17) is 9.84 Å². The SMILES string of the molecule is CC.COc1ccc(Br)c(C2C[C@@]2(CO)C(=O)O)c1. The van der Waals surface area contributed by atoms with Gasteiger partial charge < -0.3 is 14.9 Å². The third-order valence-corrected chi connectivity index (χ3v) is 4.08. The Bertz CT molecular complexity index is 461. The highest BCUT2D eigenvalue weighted by Crippen LogP contribution is 2.60. The molecular weight excluding hydrogens is 312 g/mol. The average Bonchev–Trinajstić information content (AvgIpc) is 3.17. The zero-order valence-electron chi connectivity index (χ0n) is 11.3. The van der Waals surface area contributed by atoms with Crippen molar-refractivity contribution in [1.29, 1.82) is 0 Å². The van der Waals surface area contributed by atoms with Crippen molar-refractivity contribution in [3.8, 4) is 5.75 Å². The number of rotatable bonds is 4. The molecule has 1 aliphatic rings. The lowest BCUT2D eigenvalue weighted by atomic mass is 10.00. The number of hydrogen-bond acceptors (Lipinski definition) is 3. The minimum atomic E-state index is -1.02. The topological polar surface area (TPSA) is 66.8 Å². The molecule has 1 aromatic rings. The first kappa shape index (κ1) is 16.0. The van der Waals surface area contributed by atoms with Gasteiger partial charge in [-0.2, -0.15) is 0 Å². The molecule has 0 heterocycles. The Labute approximate surface area is 121 Å². The van der Waals surface area contributed by atoms with E-state index in [1.165, 1.54) is 0 Å². The highest BCUT2D eigenvalue weighted by molar-refractivity contribution is 9.10. The van der Waals surface area contributed by atoms with Gasteiger partial charge in [0.25, 0.3) is 0 Å². The highest BCUT2D eigenvalue weighted by Gasteiger charge is 2.61. The van der Waals surface area contributed by atoms with E-state index in [-0.39, 0.29) is 12.5 Å². The van der Waals surface area contributed by atoms with Crippen molar-refractivity contribution in [2.75, 3.05) is 13.7 Å². The molecule has 1 saturated carbocycles. The van der Waals surface area contributed by atoms with Gasteiger partial charge in [0.15, 0.2) is 0 Å². The lowest BCUT2D eigenvalue weighted by Gasteiger charge is -2.11. The molecule has 0 aliphatic heterocycles. The summed E-state index contributed by atoms with van der Waals surface area (Å²) in [7, 11) is 1.57. The predicted octanol–water partition coefficient (Wildman–Crippen LogP) is 3.03. The first-order valence-corrected chi connectivity index (χ1v) is 7.02. The van der Waals surface area contributed by atoms with E-state index in [0.717, 1.165) is 10.0 Å². The summed E-state index contributed by atoms with van der Waals surface area (Å²) in [6.45, 7) is 3.66. The van der Waals surface area contributed by atoms with Crippen LogP contribution in [0, 0.1) is 5.41 Å². The lowest BCUT2D eigenvalue weighted by Crippen LogP contribution is -2.21. The van der Waals surface area contributed by atoms with Crippen LogP contribution in [0.4, 0.5) is 0 Å². The van der Waals surface area contributed by atoms with Gasteiger partial charge in [0, 0.05) is 10.4 Å². The molecule has 2 rings (SSSR count). The largest absolute Gasteiger partial charge is 0.497 e. The molecule has 19 heavy (non-hydrogen) atoms. The zero-order valence-corrected chi connectivity index (χ0v) is 12.9. The normalized spacial score (nSPS) is 24.2. The van der Waals surface area contributed by atoms with E-state index in [0.29, 0.717) is 12.2 Å². The van der Waals surface area contributed by atoms with Crippen LogP contribution in [0.3, 0.4) is 0 Å². The predicted molar refractivity (Wildman–Crippen MR) is 76.6 cm³/mol. The van der Waals surface area contributed by atoms with Crippen molar-refractivity contribution < 1.29 is 19.7 Å². The number of carboxylic acid groups (broad SMARTS) is 1. The molecule has 1 unspecified atom stereocenters. The van der Waals surface area contributed by atoms with Crippen molar-refractivity contribution >= 4 is 21.9 Å². The average molecular weight is 331 g/mol. The number of halogens is 1. The fourth-order valence-electron chi connectivity index (χ4n) is 2.11. The van der Waals surface area contributed by atoms with Crippen LogP contribution in [0.15, 0.2) is 22.7 Å². The monoisotopic (exact) mass is 330 g/mol. The first-order chi connectivity index (χ1) is 9.05. The summed E-state index contributed by atoms with van der Waals surface area (Å²) in [5.74, 6) is -0.415. The number of carbonyl (C=O) groups is 1. The van der Waals surface area contributed by atoms with Crippen molar-refractivity contribution in [2.45, 2.75) is 26.2 Å². The maximum Gasteiger partial charge on any atom is 0.312 e. The van der Waals surface area contributed by atoms with Gasteiger partial charge in [-0.05, 0) is 30.2 Å². The molecule has 0 amide bonds. The summed E-state index contributed by atoms with van der Waals surface area (Å²) in [6, 6.07) is 5.45. The van der Waals surface area contributed by atoms with Crippen LogP contribution in [0.25, 0.3) is 0 Å². The van der Waals surface area contributed by atoms with Crippen LogP contribution in [-0.2, 0) is 4.79 Å². The van der Waals surface area contributed by atoms with E-state index in [9.17, 15) is 9.90 Å². The second-order valence-electron chi connectivity index (χ2n) is 4.26. The molecule has 0 radical (unpaired) electrons. The molecule has 1 fully saturated rings. The Morgan fingerprint density at radius 2 is 2.16 bits per heavy atom. The quantitative estimate of drug-likeness (QED) is 0.890. The third-order valence-electron chi connectivity index (χ3n) is 3.36. The van der Waals surface area contributed by atoms with Gasteiger partial charge in [0.1, 0.15) is 5.75 Å². The van der Waals surface area contributed by atoms with Gasteiger partial charge in [0.05, 0.1) is 19.1 Å². The zero-order chi connectivity index (χ0) is 14.6. The Balaban J connectivity index is 0.000000861. The van der Waals surface area contributed by atoms with Crippen LogP contribution < -0.4 is 4.74 Å². The summed E-state index contributed by atoms with van der Waals surface area (Å²) in [5, 5.41) is 18.4. The van der Waals surface area contributed by atoms with E-state index < -0.39 is 11.4 Å². The molecule has 0 aromatic heterocycles. The number of methoxy groups -OCH3 is 1. The summed E-state index contributed by atoms with van der Waals surface area (Å²) in [6.07, 6.45) is 0.463. The lowest BCUT2D eigenvalue weighted by molar-refractivity contribution is -0.145. The summed E-state index contributed by atoms with van der Waals surface area (Å²) < 4.78 is 5.97. The maximum absolute atomic E-state index is 11.2. The second kappa shape index (κ2) is 6.39. The fraction of sp³-hybridized carbons (Fsp3) is 0.500. The number of aliphatic hydroxyl groups excluding tert-OH is 1. The van der Waals surface area contributed by atoms with Gasteiger partial charge in [-0.1, -0.05) is 29.8 Å². The number of hydrogen-bond donors (Lipinski definition) is 2. The Morgan fingerprint density at radius 1 is 1.53 bits per heavy atom. The highest BCUT2D eigenvalue weighted by atomic mass is 79.9. The molecule has 2 atom stereocenters. The number of ether oxygens (including phenoxy) is 1. The smallest absolute Gasteiger partial charge is 0.312 e. The van der Waals surface area contributed by atoms with Crippen molar-refractivity contribution in [2.24, 2.45) is 5.41 Å². The standard InChI is InChI=1S/C12H13BrO4.C2H6/c1-17-7-2-3-10(13)8(4-7)9-5-12(9,6-14)11(15)16;1-2/h2-4,9,14H,5-6H2,1H3,(H,15,16);1-2H3/t9?,12-;/m0./s1. The summed E-state index contributed by atoms with van der Waals surface area (Å²) >= 11 is 3.40. The number of carboxylic acids is 1. The van der Waals surface area contributed by atoms with Gasteiger partial charge in [-0.3, -0.25) is 4.79 Å². The van der Waals surface area contributed by atoms with Crippen molar-refractivity contribution in [3.05, 3.63) is 28.2 Å². The van der Waals surface area contributed by atoms with Gasteiger partial charge in [-0.25, -0.2) is 0 Å². The van der Waals surface area contributed by atoms with E-state index in [2.05, 4.69) is 15.9 Å². The molecule has 1 aromatic carbocycles. The minimum Gasteiger partial charge on any atom is -0.497 e. The van der Waals surface area contributed by atoms with Crippen LogP contribution in [0.2, 0.25) is 0 Å². The fourth-order valence-corrected chi connectivity index (χ4v) is 2.63. The molecule has 106 valence electrons. The molecule has 0 bridgehead atoms. The minimum absolute atomic E-state index is 0.158. The Hall–Kier alpha value is -1.07. The van der Waals surface area contributed by atoms with Crippen LogP contribution in [-0.4, -0.2) is 29.9 Å². The van der Waals surface area contributed by atoms with Gasteiger partial charge in [-0.15, -0.1) is 0 Å². The molecule has 2 N–H and O–H groups in total. The second-order valence-corrected chi connectivity index (χ2v) is 5.12. The molecule has 0 saturated heterocycles. The number of aliphatic carboxylic acids is 1. The third kappa shape index (κ3) is 2.92. The van der Waals surface area contributed by atoms with Gasteiger partial charge >= 0.3 is 5.97 Å². The van der Waals surface area contributed by atoms with Crippen LogP contribution in [0.5, 0.6) is 5.75 Å². The molecule has 5 heteroatoms. The number of aliphatic hydroxyl groups is 1. The summed E-state index contributed by atoms with van der Waals surface area (Å²) in [4.78, 5) is 11.2.